The van der Waals surface area contributed by atoms with Gasteiger partial charge in [-0.2, -0.15) is 4.31 Å². The molecule has 2 rings (SSSR count). The third-order valence-electron chi connectivity index (χ3n) is 3.78. The molecule has 1 N–H and O–H groups in total. The third kappa shape index (κ3) is 2.79. The van der Waals surface area contributed by atoms with E-state index in [2.05, 4.69) is 22.9 Å². The molecule has 0 aliphatic carbocycles. The van der Waals surface area contributed by atoms with Crippen molar-refractivity contribution in [3.63, 3.8) is 0 Å². The first-order valence-corrected chi connectivity index (χ1v) is 8.92. The van der Waals surface area contributed by atoms with Crippen LogP contribution in [0, 0.1) is 12.8 Å². The highest BCUT2D eigenvalue weighted by atomic mass is 79.9. The van der Waals surface area contributed by atoms with Crippen LogP contribution in [0.15, 0.2) is 21.5 Å². The van der Waals surface area contributed by atoms with Crippen molar-refractivity contribution in [1.82, 2.24) is 4.31 Å². The molecule has 1 aromatic rings. The molecule has 0 aromatic heterocycles. The molecule has 1 aliphatic rings. The van der Waals surface area contributed by atoms with Crippen LogP contribution in [0.3, 0.4) is 0 Å². The number of hydrogen-bond donors (Lipinski definition) is 1. The Bertz CT molecular complexity index is 615. The molecule has 1 heterocycles. The molecule has 0 saturated carbocycles. The van der Waals surface area contributed by atoms with E-state index >= 15 is 0 Å². The number of nitrogens with zero attached hydrogens (tertiary/aromatic N) is 1. The molecule has 1 aliphatic heterocycles. The van der Waals surface area contributed by atoms with Crippen molar-refractivity contribution in [1.29, 1.82) is 0 Å². The normalized spacial score (nSPS) is 24.2. The summed E-state index contributed by atoms with van der Waals surface area (Å²) in [7, 11) is -3.53. The van der Waals surface area contributed by atoms with Gasteiger partial charge in [-0.3, -0.25) is 0 Å². The smallest absolute Gasteiger partial charge is 0.244 e. The predicted molar refractivity (Wildman–Crippen MR) is 81.9 cm³/mol. The highest BCUT2D eigenvalue weighted by molar-refractivity contribution is 9.10. The van der Waals surface area contributed by atoms with Crippen LogP contribution >= 0.6 is 15.9 Å². The van der Waals surface area contributed by atoms with E-state index in [0.29, 0.717) is 22.5 Å². The standard InChI is InChI=1S/C14H20BrNO3S/c1-9-4-11(3)16(7-9)20(18,19)13-6-12(8-17)5-10(2)14(13)15/h5-6,9,11,17H,4,7-8H2,1-3H3. The van der Waals surface area contributed by atoms with E-state index in [1.807, 2.05) is 13.8 Å². The summed E-state index contributed by atoms with van der Waals surface area (Å²) in [4.78, 5) is 0.252. The molecule has 2 atom stereocenters. The summed E-state index contributed by atoms with van der Waals surface area (Å²) in [6.07, 6.45) is 0.884. The Balaban J connectivity index is 2.52. The van der Waals surface area contributed by atoms with Crippen molar-refractivity contribution in [2.24, 2.45) is 5.92 Å². The average molecular weight is 362 g/mol. The summed E-state index contributed by atoms with van der Waals surface area (Å²) < 4.78 is 27.8. The lowest BCUT2D eigenvalue weighted by atomic mass is 10.1. The molecule has 20 heavy (non-hydrogen) atoms. The van der Waals surface area contributed by atoms with Gasteiger partial charge in [0.25, 0.3) is 0 Å². The quantitative estimate of drug-likeness (QED) is 0.900. The molecule has 0 amide bonds. The molecule has 1 aromatic carbocycles. The van der Waals surface area contributed by atoms with Crippen LogP contribution in [0.25, 0.3) is 0 Å². The van der Waals surface area contributed by atoms with E-state index in [-0.39, 0.29) is 17.5 Å². The third-order valence-corrected chi connectivity index (χ3v) is 7.10. The zero-order valence-electron chi connectivity index (χ0n) is 11.9. The van der Waals surface area contributed by atoms with Gasteiger partial charge in [-0.05, 0) is 59.3 Å². The second kappa shape index (κ2) is 5.75. The van der Waals surface area contributed by atoms with Crippen LogP contribution in [0.1, 0.15) is 31.4 Å². The number of hydrogen-bond acceptors (Lipinski definition) is 3. The fourth-order valence-electron chi connectivity index (χ4n) is 2.81. The summed E-state index contributed by atoms with van der Waals surface area (Å²) in [5, 5.41) is 9.28. The topological polar surface area (TPSA) is 57.6 Å². The second-order valence-electron chi connectivity index (χ2n) is 5.65. The number of rotatable bonds is 3. The van der Waals surface area contributed by atoms with Crippen molar-refractivity contribution >= 4 is 26.0 Å². The summed E-state index contributed by atoms with van der Waals surface area (Å²) in [6, 6.07) is 3.36. The molecule has 2 unspecified atom stereocenters. The number of halogens is 1. The second-order valence-corrected chi connectivity index (χ2v) is 8.30. The highest BCUT2D eigenvalue weighted by Gasteiger charge is 2.37. The fourth-order valence-corrected chi connectivity index (χ4v) is 5.60. The SMILES string of the molecule is Cc1cc(CO)cc(S(=O)(=O)N2CC(C)CC2C)c1Br. The lowest BCUT2D eigenvalue weighted by molar-refractivity contribution is 0.281. The number of aliphatic hydroxyl groups excluding tert-OH is 1. The van der Waals surface area contributed by atoms with Crippen molar-refractivity contribution in [2.75, 3.05) is 6.54 Å². The van der Waals surface area contributed by atoms with E-state index in [1.165, 1.54) is 0 Å². The van der Waals surface area contributed by atoms with Crippen molar-refractivity contribution in [3.8, 4) is 0 Å². The molecule has 0 spiro atoms. The lowest BCUT2D eigenvalue weighted by Gasteiger charge is -2.22. The van der Waals surface area contributed by atoms with Gasteiger partial charge >= 0.3 is 0 Å². The predicted octanol–water partition coefficient (Wildman–Crippen LogP) is 2.67. The molecule has 112 valence electrons. The van der Waals surface area contributed by atoms with Crippen LogP contribution in [0.4, 0.5) is 0 Å². The summed E-state index contributed by atoms with van der Waals surface area (Å²) in [6.45, 7) is 6.23. The maximum Gasteiger partial charge on any atom is 0.244 e. The van der Waals surface area contributed by atoms with E-state index in [1.54, 1.807) is 16.4 Å². The van der Waals surface area contributed by atoms with Gasteiger partial charge in [0.05, 0.1) is 11.5 Å². The maximum absolute atomic E-state index is 12.8. The molecule has 0 radical (unpaired) electrons. The largest absolute Gasteiger partial charge is 0.392 e. The maximum atomic E-state index is 12.8. The highest BCUT2D eigenvalue weighted by Crippen LogP contribution is 2.34. The monoisotopic (exact) mass is 361 g/mol. The Morgan fingerprint density at radius 2 is 2.05 bits per heavy atom. The van der Waals surface area contributed by atoms with Gasteiger partial charge < -0.3 is 5.11 Å². The van der Waals surface area contributed by atoms with E-state index in [4.69, 9.17) is 0 Å². The summed E-state index contributed by atoms with van der Waals surface area (Å²) in [5.74, 6) is 0.376. The van der Waals surface area contributed by atoms with E-state index in [9.17, 15) is 13.5 Å². The zero-order chi connectivity index (χ0) is 15.1. The minimum atomic E-state index is -3.53. The fraction of sp³-hybridized carbons (Fsp3) is 0.571. The molecular weight excluding hydrogens is 342 g/mol. The van der Waals surface area contributed by atoms with Gasteiger partial charge in [0.15, 0.2) is 0 Å². The molecular formula is C14H20BrNO3S. The summed E-state index contributed by atoms with van der Waals surface area (Å²) >= 11 is 3.37. The number of aliphatic hydroxyl groups is 1. The van der Waals surface area contributed by atoms with E-state index in [0.717, 1.165) is 12.0 Å². The minimum absolute atomic E-state index is 0.0139. The van der Waals surface area contributed by atoms with Crippen molar-refractivity contribution < 1.29 is 13.5 Å². The van der Waals surface area contributed by atoms with Gasteiger partial charge in [-0.15, -0.1) is 0 Å². The van der Waals surface area contributed by atoms with Gasteiger partial charge in [-0.25, -0.2) is 8.42 Å². The van der Waals surface area contributed by atoms with Gasteiger partial charge in [0.1, 0.15) is 0 Å². The van der Waals surface area contributed by atoms with Gasteiger partial charge in [0.2, 0.25) is 10.0 Å². The number of aryl methyl sites for hydroxylation is 1. The van der Waals surface area contributed by atoms with Crippen LogP contribution in [0.5, 0.6) is 0 Å². The lowest BCUT2D eigenvalue weighted by Crippen LogP contribution is -2.34. The van der Waals surface area contributed by atoms with Crippen molar-refractivity contribution in [3.05, 3.63) is 27.7 Å². The number of benzene rings is 1. The first-order chi connectivity index (χ1) is 9.27. The van der Waals surface area contributed by atoms with Gasteiger partial charge in [-0.1, -0.05) is 13.0 Å². The summed E-state index contributed by atoms with van der Waals surface area (Å²) in [5.41, 5.74) is 1.43. The Kier molecular flexibility index (Phi) is 4.59. The molecule has 0 bridgehead atoms. The van der Waals surface area contributed by atoms with Gasteiger partial charge in [0, 0.05) is 17.1 Å². The Morgan fingerprint density at radius 1 is 1.40 bits per heavy atom. The van der Waals surface area contributed by atoms with Crippen LogP contribution < -0.4 is 0 Å². The van der Waals surface area contributed by atoms with Crippen LogP contribution in [-0.2, 0) is 16.6 Å². The zero-order valence-corrected chi connectivity index (χ0v) is 14.3. The first-order valence-electron chi connectivity index (χ1n) is 6.69. The minimum Gasteiger partial charge on any atom is -0.392 e. The Labute approximate surface area is 129 Å². The Morgan fingerprint density at radius 3 is 2.55 bits per heavy atom. The van der Waals surface area contributed by atoms with Crippen LogP contribution in [0.2, 0.25) is 0 Å². The molecule has 1 saturated heterocycles. The van der Waals surface area contributed by atoms with E-state index < -0.39 is 10.0 Å². The Hall–Kier alpha value is -0.430. The number of sulfonamides is 1. The molecule has 6 heteroatoms. The molecule has 1 fully saturated rings. The first kappa shape index (κ1) is 15.9. The van der Waals surface area contributed by atoms with Crippen molar-refractivity contribution in [2.45, 2.75) is 44.7 Å². The molecule has 4 nitrogen and oxygen atoms in total. The average Bonchev–Trinajstić information content (AvgIpc) is 2.72. The van der Waals surface area contributed by atoms with Crippen LogP contribution in [-0.4, -0.2) is 30.4 Å².